The fraction of sp³-hybridized carbons (Fsp3) is 0.235. The molecular formula is C17H19NO3. The van der Waals surface area contributed by atoms with Crippen molar-refractivity contribution in [1.29, 1.82) is 0 Å². The molecule has 110 valence electrons. The summed E-state index contributed by atoms with van der Waals surface area (Å²) in [7, 11) is 3.40. The van der Waals surface area contributed by atoms with Crippen molar-refractivity contribution in [3.63, 3.8) is 0 Å². The van der Waals surface area contributed by atoms with Gasteiger partial charge in [-0.05, 0) is 36.4 Å². The number of ether oxygens (including phenoxy) is 2. The molecule has 0 aliphatic rings. The Bertz CT molecular complexity index is 566. The molecule has 0 N–H and O–H groups in total. The van der Waals surface area contributed by atoms with Crippen LogP contribution in [0.1, 0.15) is 10.4 Å². The lowest BCUT2D eigenvalue weighted by molar-refractivity contribution is 0.0774. The minimum atomic E-state index is -0.00562. The molecule has 2 aromatic rings. The molecule has 0 saturated heterocycles. The van der Waals surface area contributed by atoms with E-state index in [-0.39, 0.29) is 5.91 Å². The number of hydrogen-bond donors (Lipinski definition) is 0. The molecule has 4 nitrogen and oxygen atoms in total. The highest BCUT2D eigenvalue weighted by molar-refractivity contribution is 5.93. The summed E-state index contributed by atoms with van der Waals surface area (Å²) in [6.45, 7) is 0.973. The SMILES string of the molecule is COc1ccc(OCCN(C)C(=O)c2ccccc2)cc1. The Kier molecular flexibility index (Phi) is 5.21. The molecule has 0 unspecified atom stereocenters. The third-order valence-corrected chi connectivity index (χ3v) is 3.12. The molecule has 1 amide bonds. The summed E-state index contributed by atoms with van der Waals surface area (Å²) >= 11 is 0. The number of methoxy groups -OCH3 is 1. The summed E-state index contributed by atoms with van der Waals surface area (Å²) in [5.41, 5.74) is 0.685. The Balaban J connectivity index is 1.81. The Morgan fingerprint density at radius 2 is 1.62 bits per heavy atom. The molecule has 0 spiro atoms. The molecule has 0 aromatic heterocycles. The van der Waals surface area contributed by atoms with Gasteiger partial charge in [-0.15, -0.1) is 0 Å². The highest BCUT2D eigenvalue weighted by Gasteiger charge is 2.10. The van der Waals surface area contributed by atoms with Crippen molar-refractivity contribution in [1.82, 2.24) is 4.90 Å². The zero-order chi connectivity index (χ0) is 15.1. The molecular weight excluding hydrogens is 266 g/mol. The second-order valence-electron chi connectivity index (χ2n) is 4.62. The Morgan fingerprint density at radius 3 is 2.24 bits per heavy atom. The second-order valence-corrected chi connectivity index (χ2v) is 4.62. The van der Waals surface area contributed by atoms with Crippen LogP contribution in [0.2, 0.25) is 0 Å². The van der Waals surface area contributed by atoms with Gasteiger partial charge in [-0.25, -0.2) is 0 Å². The summed E-state index contributed by atoms with van der Waals surface area (Å²) in [4.78, 5) is 13.8. The van der Waals surface area contributed by atoms with Crippen molar-refractivity contribution < 1.29 is 14.3 Å². The molecule has 0 bridgehead atoms. The first-order chi connectivity index (χ1) is 10.2. The first-order valence-corrected chi connectivity index (χ1v) is 6.78. The van der Waals surface area contributed by atoms with E-state index in [0.717, 1.165) is 11.5 Å². The Labute approximate surface area is 124 Å². The van der Waals surface area contributed by atoms with E-state index in [4.69, 9.17) is 9.47 Å². The molecule has 0 atom stereocenters. The minimum absolute atomic E-state index is 0.00562. The molecule has 2 rings (SSSR count). The average Bonchev–Trinajstić information content (AvgIpc) is 2.55. The highest BCUT2D eigenvalue weighted by atomic mass is 16.5. The molecule has 21 heavy (non-hydrogen) atoms. The molecule has 0 fully saturated rings. The number of carbonyl (C=O) groups excluding carboxylic acids is 1. The maximum Gasteiger partial charge on any atom is 0.253 e. The van der Waals surface area contributed by atoms with E-state index in [2.05, 4.69) is 0 Å². The third kappa shape index (κ3) is 4.24. The Hall–Kier alpha value is -2.49. The summed E-state index contributed by atoms with van der Waals surface area (Å²) in [5.74, 6) is 1.55. The average molecular weight is 285 g/mol. The Morgan fingerprint density at radius 1 is 1.00 bits per heavy atom. The van der Waals surface area contributed by atoms with Gasteiger partial charge < -0.3 is 14.4 Å². The number of benzene rings is 2. The van der Waals surface area contributed by atoms with Gasteiger partial charge in [0.25, 0.3) is 5.91 Å². The molecule has 0 heterocycles. The standard InChI is InChI=1S/C17H19NO3/c1-18(17(19)14-6-4-3-5-7-14)12-13-21-16-10-8-15(20-2)9-11-16/h3-11H,12-13H2,1-2H3. The van der Waals surface area contributed by atoms with Crippen LogP contribution in [0, 0.1) is 0 Å². The predicted molar refractivity (Wildman–Crippen MR) is 81.9 cm³/mol. The van der Waals surface area contributed by atoms with Crippen LogP contribution in [0.4, 0.5) is 0 Å². The monoisotopic (exact) mass is 285 g/mol. The second kappa shape index (κ2) is 7.33. The van der Waals surface area contributed by atoms with Crippen LogP contribution in [0.3, 0.4) is 0 Å². The van der Waals surface area contributed by atoms with E-state index in [1.165, 1.54) is 0 Å². The quantitative estimate of drug-likeness (QED) is 0.819. The lowest BCUT2D eigenvalue weighted by atomic mass is 10.2. The number of amides is 1. The van der Waals surface area contributed by atoms with Crippen LogP contribution in [-0.4, -0.2) is 38.1 Å². The van der Waals surface area contributed by atoms with Crippen LogP contribution < -0.4 is 9.47 Å². The van der Waals surface area contributed by atoms with Crippen molar-refractivity contribution in [2.75, 3.05) is 27.3 Å². The topological polar surface area (TPSA) is 38.8 Å². The highest BCUT2D eigenvalue weighted by Crippen LogP contribution is 2.16. The van der Waals surface area contributed by atoms with Crippen molar-refractivity contribution in [2.45, 2.75) is 0 Å². The number of nitrogens with zero attached hydrogens (tertiary/aromatic N) is 1. The van der Waals surface area contributed by atoms with Gasteiger partial charge in [-0.2, -0.15) is 0 Å². The molecule has 2 aromatic carbocycles. The third-order valence-electron chi connectivity index (χ3n) is 3.12. The first kappa shape index (κ1) is 14.9. The molecule has 4 heteroatoms. The van der Waals surface area contributed by atoms with Gasteiger partial charge in [0.05, 0.1) is 13.7 Å². The van der Waals surface area contributed by atoms with Crippen molar-refractivity contribution in [3.8, 4) is 11.5 Å². The first-order valence-electron chi connectivity index (χ1n) is 6.78. The van der Waals surface area contributed by atoms with E-state index in [9.17, 15) is 4.79 Å². The van der Waals surface area contributed by atoms with Crippen LogP contribution in [-0.2, 0) is 0 Å². The van der Waals surface area contributed by atoms with E-state index in [1.54, 1.807) is 19.1 Å². The van der Waals surface area contributed by atoms with Crippen molar-refractivity contribution in [2.24, 2.45) is 0 Å². The number of rotatable bonds is 6. The predicted octanol–water partition coefficient (Wildman–Crippen LogP) is 2.85. The molecule has 0 aliphatic heterocycles. The molecule has 0 saturated carbocycles. The van der Waals surface area contributed by atoms with Crippen LogP contribution in [0.25, 0.3) is 0 Å². The lowest BCUT2D eigenvalue weighted by Crippen LogP contribution is -2.30. The molecule has 0 aliphatic carbocycles. The van der Waals surface area contributed by atoms with Gasteiger partial charge in [-0.3, -0.25) is 4.79 Å². The number of likely N-dealkylation sites (N-methyl/N-ethyl adjacent to an activating group) is 1. The number of carbonyl (C=O) groups is 1. The van der Waals surface area contributed by atoms with Gasteiger partial charge in [0.2, 0.25) is 0 Å². The maximum atomic E-state index is 12.1. The summed E-state index contributed by atoms with van der Waals surface area (Å²) < 4.78 is 10.7. The van der Waals surface area contributed by atoms with Gasteiger partial charge in [0, 0.05) is 12.6 Å². The summed E-state index contributed by atoms with van der Waals surface area (Å²) in [6.07, 6.45) is 0. The van der Waals surface area contributed by atoms with E-state index >= 15 is 0 Å². The largest absolute Gasteiger partial charge is 0.497 e. The van der Waals surface area contributed by atoms with Gasteiger partial charge in [0.15, 0.2) is 0 Å². The lowest BCUT2D eigenvalue weighted by Gasteiger charge is -2.17. The van der Waals surface area contributed by atoms with Crippen molar-refractivity contribution >= 4 is 5.91 Å². The fourth-order valence-corrected chi connectivity index (χ4v) is 1.88. The van der Waals surface area contributed by atoms with Gasteiger partial charge in [-0.1, -0.05) is 18.2 Å². The van der Waals surface area contributed by atoms with E-state index < -0.39 is 0 Å². The summed E-state index contributed by atoms with van der Waals surface area (Å²) in [5, 5.41) is 0. The van der Waals surface area contributed by atoms with E-state index in [0.29, 0.717) is 18.7 Å². The smallest absolute Gasteiger partial charge is 0.253 e. The van der Waals surface area contributed by atoms with Gasteiger partial charge >= 0.3 is 0 Å². The van der Waals surface area contributed by atoms with Crippen LogP contribution >= 0.6 is 0 Å². The van der Waals surface area contributed by atoms with Gasteiger partial charge in [0.1, 0.15) is 18.1 Å². The molecule has 0 radical (unpaired) electrons. The number of hydrogen-bond acceptors (Lipinski definition) is 3. The van der Waals surface area contributed by atoms with Crippen LogP contribution in [0.5, 0.6) is 11.5 Å². The normalized spacial score (nSPS) is 10.0. The summed E-state index contributed by atoms with van der Waals surface area (Å²) in [6, 6.07) is 16.6. The fourth-order valence-electron chi connectivity index (χ4n) is 1.88. The zero-order valence-electron chi connectivity index (χ0n) is 12.3. The van der Waals surface area contributed by atoms with Crippen molar-refractivity contribution in [3.05, 3.63) is 60.2 Å². The minimum Gasteiger partial charge on any atom is -0.497 e. The van der Waals surface area contributed by atoms with E-state index in [1.807, 2.05) is 54.6 Å². The van der Waals surface area contributed by atoms with Crippen LogP contribution in [0.15, 0.2) is 54.6 Å². The maximum absolute atomic E-state index is 12.1. The zero-order valence-corrected chi connectivity index (χ0v) is 12.3.